The fourth-order valence-electron chi connectivity index (χ4n) is 5.71. The van der Waals surface area contributed by atoms with Crippen molar-refractivity contribution in [1.82, 2.24) is 20.2 Å². The second-order valence-corrected chi connectivity index (χ2v) is 13.2. The van der Waals surface area contributed by atoms with Gasteiger partial charge in [-0.1, -0.05) is 84.9 Å². The Kier molecular flexibility index (Phi) is 12.4. The van der Waals surface area contributed by atoms with Crippen molar-refractivity contribution in [3.8, 4) is 5.69 Å². The lowest BCUT2D eigenvalue weighted by molar-refractivity contribution is -0.245. The Morgan fingerprint density at radius 3 is 2.24 bits per heavy atom. The number of para-hydroxylation sites is 3. The first-order valence-electron chi connectivity index (χ1n) is 17.0. The van der Waals surface area contributed by atoms with Gasteiger partial charge in [-0.2, -0.15) is 4.68 Å². The highest BCUT2D eigenvalue weighted by atomic mass is 32.2. The van der Waals surface area contributed by atoms with Crippen LogP contribution < -0.4 is 16.4 Å². The van der Waals surface area contributed by atoms with Crippen molar-refractivity contribution in [1.29, 1.82) is 0 Å². The van der Waals surface area contributed by atoms with Gasteiger partial charge >= 0.3 is 0 Å². The van der Waals surface area contributed by atoms with Gasteiger partial charge in [0.25, 0.3) is 0 Å². The summed E-state index contributed by atoms with van der Waals surface area (Å²) in [5.41, 5.74) is 11.2. The van der Waals surface area contributed by atoms with Crippen LogP contribution in [-0.4, -0.2) is 49.0 Å². The molecule has 13 heteroatoms. The molecule has 0 radical (unpaired) electrons. The van der Waals surface area contributed by atoms with Crippen LogP contribution in [-0.2, 0) is 25.7 Å². The number of unbranched alkanes of at least 4 members (excludes halogenated alkanes) is 2. The average molecular weight is 708 g/mol. The maximum Gasteiger partial charge on any atom is 0.224 e. The molecule has 1 aromatic heterocycles. The largest absolute Gasteiger partial charge is 0.397 e. The number of ether oxygens (including phenoxy) is 2. The van der Waals surface area contributed by atoms with Crippen molar-refractivity contribution < 1.29 is 24.2 Å². The number of aromatic nitrogens is 4. The molecule has 0 bridgehead atoms. The number of nitrogen functional groups attached to an aromatic ring is 1. The molecule has 0 spiro atoms. The third-order valence-corrected chi connectivity index (χ3v) is 9.52. The van der Waals surface area contributed by atoms with E-state index in [0.29, 0.717) is 60.1 Å². The third-order valence-electron chi connectivity index (χ3n) is 8.46. The molecule has 1 aliphatic rings. The lowest BCUT2D eigenvalue weighted by Gasteiger charge is -2.36. The molecule has 4 aromatic carbocycles. The van der Waals surface area contributed by atoms with E-state index in [4.69, 9.17) is 15.2 Å². The van der Waals surface area contributed by atoms with Crippen LogP contribution in [0.25, 0.3) is 5.69 Å². The van der Waals surface area contributed by atoms with Gasteiger partial charge in [0, 0.05) is 36.3 Å². The molecule has 12 nitrogen and oxygen atoms in total. The summed E-state index contributed by atoms with van der Waals surface area (Å²) in [6.07, 6.45) is 2.38. The van der Waals surface area contributed by atoms with E-state index in [1.807, 2.05) is 91.0 Å². The summed E-state index contributed by atoms with van der Waals surface area (Å²) < 4.78 is 14.7. The van der Waals surface area contributed by atoms with Gasteiger partial charge in [0.05, 0.1) is 35.9 Å². The van der Waals surface area contributed by atoms with Gasteiger partial charge in [-0.25, -0.2) is 0 Å². The SMILES string of the molecule is Nc1ccccc1NC(=O)CCCCCC(=O)Nc1ccc(C2OC(CSc3nnnn3-c3ccccc3)CC(c3ccc(CO)cc3)O2)cc1. The summed E-state index contributed by atoms with van der Waals surface area (Å²) >= 11 is 1.52. The van der Waals surface area contributed by atoms with Crippen LogP contribution in [0.5, 0.6) is 0 Å². The summed E-state index contributed by atoms with van der Waals surface area (Å²) in [6.45, 7) is -0.0278. The highest BCUT2D eigenvalue weighted by Gasteiger charge is 2.32. The summed E-state index contributed by atoms with van der Waals surface area (Å²) in [7, 11) is 0. The Hall–Kier alpha value is -5.08. The Bertz CT molecular complexity index is 1870. The Morgan fingerprint density at radius 2 is 1.51 bits per heavy atom. The molecule has 3 unspecified atom stereocenters. The first-order chi connectivity index (χ1) is 24.9. The van der Waals surface area contributed by atoms with Crippen LogP contribution in [0.4, 0.5) is 17.1 Å². The number of nitrogens with one attached hydrogen (secondary N) is 2. The van der Waals surface area contributed by atoms with Crippen LogP contribution >= 0.6 is 11.8 Å². The molecule has 0 saturated carbocycles. The summed E-state index contributed by atoms with van der Waals surface area (Å²) in [4.78, 5) is 24.9. The lowest BCUT2D eigenvalue weighted by Crippen LogP contribution is -2.31. The van der Waals surface area contributed by atoms with Gasteiger partial charge in [0.2, 0.25) is 17.0 Å². The van der Waals surface area contributed by atoms with E-state index in [1.165, 1.54) is 11.8 Å². The molecule has 6 rings (SSSR count). The molecule has 264 valence electrons. The third kappa shape index (κ3) is 10.0. The smallest absolute Gasteiger partial charge is 0.224 e. The van der Waals surface area contributed by atoms with Crippen molar-refractivity contribution >= 4 is 40.6 Å². The number of amides is 2. The highest BCUT2D eigenvalue weighted by molar-refractivity contribution is 7.99. The molecule has 1 saturated heterocycles. The number of carbonyl (C=O) groups excluding carboxylic acids is 2. The van der Waals surface area contributed by atoms with Gasteiger partial charge in [-0.15, -0.1) is 5.10 Å². The zero-order chi connectivity index (χ0) is 35.4. The van der Waals surface area contributed by atoms with Gasteiger partial charge in [0.1, 0.15) is 0 Å². The monoisotopic (exact) mass is 707 g/mol. The summed E-state index contributed by atoms with van der Waals surface area (Å²) in [5.74, 6) is 0.415. The molecule has 51 heavy (non-hydrogen) atoms. The van der Waals surface area contributed by atoms with Gasteiger partial charge in [-0.05, 0) is 70.8 Å². The Morgan fingerprint density at radius 1 is 0.824 bits per heavy atom. The molecule has 1 aliphatic heterocycles. The first kappa shape index (κ1) is 35.7. The number of rotatable bonds is 15. The van der Waals surface area contributed by atoms with Crippen molar-refractivity contribution in [2.45, 2.75) is 68.8 Å². The number of tetrazole rings is 1. The van der Waals surface area contributed by atoms with E-state index < -0.39 is 6.29 Å². The fraction of sp³-hybridized carbons (Fsp3) is 0.289. The minimum Gasteiger partial charge on any atom is -0.397 e. The number of carbonyl (C=O) groups is 2. The molecular formula is C38H41N7O5S. The number of thioether (sulfide) groups is 1. The van der Waals surface area contributed by atoms with Gasteiger partial charge in [0.15, 0.2) is 6.29 Å². The molecular weight excluding hydrogens is 667 g/mol. The number of anilines is 3. The minimum atomic E-state index is -0.641. The van der Waals surface area contributed by atoms with E-state index >= 15 is 0 Å². The van der Waals surface area contributed by atoms with Gasteiger partial charge < -0.3 is 30.9 Å². The van der Waals surface area contributed by atoms with Crippen molar-refractivity contribution in [3.05, 3.63) is 120 Å². The van der Waals surface area contributed by atoms with Crippen LogP contribution in [0.2, 0.25) is 0 Å². The summed E-state index contributed by atoms with van der Waals surface area (Å²) in [5, 5.41) is 28.3. The topological polar surface area (TPSA) is 167 Å². The van der Waals surface area contributed by atoms with E-state index in [-0.39, 0.29) is 30.6 Å². The number of aliphatic hydroxyl groups is 1. The number of nitrogens with zero attached hydrogens (tertiary/aromatic N) is 4. The molecule has 0 aliphatic carbocycles. The van der Waals surface area contributed by atoms with E-state index in [0.717, 1.165) is 28.8 Å². The van der Waals surface area contributed by atoms with E-state index in [1.54, 1.807) is 16.8 Å². The van der Waals surface area contributed by atoms with Crippen LogP contribution in [0.3, 0.4) is 0 Å². The van der Waals surface area contributed by atoms with Crippen molar-refractivity contribution in [3.63, 3.8) is 0 Å². The Balaban J connectivity index is 1.02. The maximum absolute atomic E-state index is 12.7. The standard InChI is InChI=1S/C38H41N7O5S/c39-32-11-7-8-12-33(32)41-36(48)14-6-2-5-13-35(47)40-29-21-19-28(20-22-29)37-49-31(23-34(50-37)27-17-15-26(24-46)16-18-27)25-51-38-42-43-44-45(38)30-9-3-1-4-10-30/h1,3-4,7-12,15-22,31,34,37,46H,2,5-6,13-14,23-25,39H2,(H,40,47)(H,41,48). The first-order valence-corrected chi connectivity index (χ1v) is 17.9. The average Bonchev–Trinajstić information content (AvgIpc) is 3.64. The summed E-state index contributed by atoms with van der Waals surface area (Å²) in [6, 6.07) is 32.1. The quantitative estimate of drug-likeness (QED) is 0.0529. The predicted octanol–water partition coefficient (Wildman–Crippen LogP) is 6.60. The second-order valence-electron chi connectivity index (χ2n) is 12.2. The van der Waals surface area contributed by atoms with Crippen LogP contribution in [0, 0.1) is 0 Å². The normalized spacial score (nSPS) is 17.2. The van der Waals surface area contributed by atoms with Crippen LogP contribution in [0.15, 0.2) is 108 Å². The molecule has 1 fully saturated rings. The second kappa shape index (κ2) is 17.7. The molecule has 3 atom stereocenters. The predicted molar refractivity (Wildman–Crippen MR) is 196 cm³/mol. The minimum absolute atomic E-state index is 0.0278. The highest BCUT2D eigenvalue weighted by Crippen LogP contribution is 2.39. The van der Waals surface area contributed by atoms with Gasteiger partial charge in [-0.3, -0.25) is 9.59 Å². The number of nitrogens with two attached hydrogens (primary N) is 1. The van der Waals surface area contributed by atoms with E-state index in [2.05, 4.69) is 26.2 Å². The Labute approximate surface area is 300 Å². The van der Waals surface area contributed by atoms with E-state index in [9.17, 15) is 14.7 Å². The maximum atomic E-state index is 12.7. The zero-order valence-electron chi connectivity index (χ0n) is 28.1. The van der Waals surface area contributed by atoms with Crippen molar-refractivity contribution in [2.24, 2.45) is 0 Å². The number of aliphatic hydroxyl groups excluding tert-OH is 1. The number of hydrogen-bond donors (Lipinski definition) is 4. The molecule has 2 heterocycles. The fourth-order valence-corrected chi connectivity index (χ4v) is 6.62. The number of hydrogen-bond acceptors (Lipinski definition) is 10. The van der Waals surface area contributed by atoms with Crippen LogP contribution in [0.1, 0.15) is 67.6 Å². The number of benzene rings is 4. The van der Waals surface area contributed by atoms with Crippen molar-refractivity contribution in [2.75, 3.05) is 22.1 Å². The molecule has 2 amide bonds. The zero-order valence-corrected chi connectivity index (χ0v) is 28.9. The molecule has 5 N–H and O–H groups in total. The molecule has 5 aromatic rings. The lowest BCUT2D eigenvalue weighted by atomic mass is 10.0.